The Hall–Kier alpha value is -2.49. The van der Waals surface area contributed by atoms with Crippen molar-refractivity contribution < 1.29 is 4.79 Å². The number of amides is 1. The number of carbonyl (C=O) groups excluding carboxylic acids is 1. The van der Waals surface area contributed by atoms with Gasteiger partial charge in [-0.15, -0.1) is 0 Å². The van der Waals surface area contributed by atoms with Crippen LogP contribution in [0.1, 0.15) is 0 Å². The molecule has 0 aliphatic rings. The molecule has 0 aliphatic heterocycles. The van der Waals surface area contributed by atoms with Gasteiger partial charge in [-0.1, -0.05) is 6.07 Å². The molecule has 0 saturated carbocycles. The number of aromatic nitrogens is 2. The van der Waals surface area contributed by atoms with E-state index in [0.717, 1.165) is 27.5 Å². The maximum absolute atomic E-state index is 10.6. The van der Waals surface area contributed by atoms with E-state index in [-0.39, 0.29) is 0 Å². The zero-order chi connectivity index (χ0) is 11.7. The fraction of sp³-hybridized carbons (Fsp3) is 0. The van der Waals surface area contributed by atoms with E-state index in [1.165, 1.54) is 0 Å². The summed E-state index contributed by atoms with van der Waals surface area (Å²) in [5, 5.41) is 4.55. The van der Waals surface area contributed by atoms with E-state index < -0.39 is 0 Å². The zero-order valence-corrected chi connectivity index (χ0v) is 8.92. The van der Waals surface area contributed by atoms with Crippen molar-refractivity contribution in [2.24, 2.45) is 0 Å². The van der Waals surface area contributed by atoms with Gasteiger partial charge >= 0.3 is 0 Å². The molecular weight excluding hydrogens is 214 g/mol. The summed E-state index contributed by atoms with van der Waals surface area (Å²) in [4.78, 5) is 19.3. The predicted octanol–water partition coefficient (Wildman–Crippen LogP) is 2.35. The van der Waals surface area contributed by atoms with Gasteiger partial charge in [0, 0.05) is 23.2 Å². The summed E-state index contributed by atoms with van der Waals surface area (Å²) in [6.07, 6.45) is 4.13. The highest BCUT2D eigenvalue weighted by atomic mass is 16.1. The summed E-state index contributed by atoms with van der Waals surface area (Å²) >= 11 is 0. The van der Waals surface area contributed by atoms with E-state index in [4.69, 9.17) is 0 Å². The summed E-state index contributed by atoms with van der Waals surface area (Å²) in [6.45, 7) is 0. The lowest BCUT2D eigenvalue weighted by molar-refractivity contribution is -0.105. The van der Waals surface area contributed by atoms with E-state index in [1.54, 1.807) is 12.4 Å². The summed E-state index contributed by atoms with van der Waals surface area (Å²) in [6, 6.07) is 9.48. The third-order valence-electron chi connectivity index (χ3n) is 2.68. The Kier molecular flexibility index (Phi) is 2.19. The molecule has 0 fully saturated rings. The molecule has 0 atom stereocenters. The second-order valence-corrected chi connectivity index (χ2v) is 3.66. The third kappa shape index (κ3) is 1.50. The van der Waals surface area contributed by atoms with Gasteiger partial charge in [0.25, 0.3) is 0 Å². The number of benzene rings is 1. The molecule has 4 nitrogen and oxygen atoms in total. The first-order valence-corrected chi connectivity index (χ1v) is 5.23. The Labute approximate surface area is 97.3 Å². The largest absolute Gasteiger partial charge is 0.328 e. The van der Waals surface area contributed by atoms with Gasteiger partial charge in [-0.05, 0) is 24.3 Å². The summed E-state index contributed by atoms with van der Waals surface area (Å²) < 4.78 is 0. The average Bonchev–Trinajstić information content (AvgIpc) is 2.39. The second-order valence-electron chi connectivity index (χ2n) is 3.66. The highest BCUT2D eigenvalue weighted by Crippen LogP contribution is 2.28. The molecule has 1 aromatic carbocycles. The fourth-order valence-electron chi connectivity index (χ4n) is 1.96. The second kappa shape index (κ2) is 3.83. The molecule has 0 bridgehead atoms. The van der Waals surface area contributed by atoms with Crippen LogP contribution in [0.4, 0.5) is 5.69 Å². The van der Waals surface area contributed by atoms with Crippen molar-refractivity contribution in [3.05, 3.63) is 42.7 Å². The van der Waals surface area contributed by atoms with Crippen molar-refractivity contribution in [3.63, 3.8) is 0 Å². The monoisotopic (exact) mass is 223 g/mol. The number of hydrogen-bond donors (Lipinski definition) is 1. The normalized spacial score (nSPS) is 10.6. The number of fused-ring (bicyclic) bond motifs is 3. The van der Waals surface area contributed by atoms with Gasteiger partial charge in [-0.2, -0.15) is 0 Å². The predicted molar refractivity (Wildman–Crippen MR) is 66.7 cm³/mol. The molecule has 3 rings (SSSR count). The molecular formula is C13H9N3O. The van der Waals surface area contributed by atoms with E-state index in [9.17, 15) is 4.79 Å². The highest BCUT2D eigenvalue weighted by molar-refractivity contribution is 6.10. The van der Waals surface area contributed by atoms with Crippen molar-refractivity contribution in [1.29, 1.82) is 0 Å². The molecule has 0 spiro atoms. The first-order valence-electron chi connectivity index (χ1n) is 5.23. The van der Waals surface area contributed by atoms with Crippen LogP contribution < -0.4 is 5.32 Å². The summed E-state index contributed by atoms with van der Waals surface area (Å²) in [7, 11) is 0. The molecule has 2 aromatic heterocycles. The summed E-state index contributed by atoms with van der Waals surface area (Å²) in [5.74, 6) is 0. The number of hydrogen-bond acceptors (Lipinski definition) is 3. The molecule has 0 saturated heterocycles. The van der Waals surface area contributed by atoms with Crippen LogP contribution in [0, 0.1) is 0 Å². The van der Waals surface area contributed by atoms with Crippen LogP contribution in [0.3, 0.4) is 0 Å². The van der Waals surface area contributed by atoms with Crippen LogP contribution in [-0.2, 0) is 4.79 Å². The van der Waals surface area contributed by atoms with Gasteiger partial charge in [-0.25, -0.2) is 0 Å². The Bertz CT molecular complexity index is 709. The molecule has 2 heterocycles. The SMILES string of the molecule is O=CNc1cc2cccnc2c2ncccc12. The number of nitrogens with one attached hydrogen (secondary N) is 1. The molecule has 1 amide bonds. The van der Waals surface area contributed by atoms with Crippen molar-refractivity contribution in [3.8, 4) is 0 Å². The molecule has 0 radical (unpaired) electrons. The quantitative estimate of drug-likeness (QED) is 0.536. The molecule has 1 N–H and O–H groups in total. The minimum absolute atomic E-state index is 0.671. The topological polar surface area (TPSA) is 54.9 Å². The van der Waals surface area contributed by atoms with Crippen molar-refractivity contribution in [2.75, 3.05) is 5.32 Å². The third-order valence-corrected chi connectivity index (χ3v) is 2.68. The molecule has 0 aliphatic carbocycles. The van der Waals surface area contributed by atoms with Crippen molar-refractivity contribution >= 4 is 33.9 Å². The molecule has 0 unspecified atom stereocenters. The fourth-order valence-corrected chi connectivity index (χ4v) is 1.96. The standard InChI is InChI=1S/C13H9N3O/c17-8-16-11-7-9-3-1-5-14-12(9)13-10(11)4-2-6-15-13/h1-8H,(H,16,17). The van der Waals surface area contributed by atoms with E-state index in [1.807, 2.05) is 30.3 Å². The molecule has 3 aromatic rings. The lowest BCUT2D eigenvalue weighted by Gasteiger charge is -2.07. The smallest absolute Gasteiger partial charge is 0.211 e. The van der Waals surface area contributed by atoms with E-state index in [0.29, 0.717) is 6.41 Å². The average molecular weight is 223 g/mol. The molecule has 17 heavy (non-hydrogen) atoms. The highest BCUT2D eigenvalue weighted by Gasteiger charge is 2.07. The van der Waals surface area contributed by atoms with Gasteiger partial charge in [0.1, 0.15) is 0 Å². The van der Waals surface area contributed by atoms with Crippen molar-refractivity contribution in [2.45, 2.75) is 0 Å². The van der Waals surface area contributed by atoms with Gasteiger partial charge < -0.3 is 5.32 Å². The number of anilines is 1. The Morgan fingerprint density at radius 2 is 1.82 bits per heavy atom. The van der Waals surface area contributed by atoms with Gasteiger partial charge in [0.05, 0.1) is 16.7 Å². The van der Waals surface area contributed by atoms with Gasteiger partial charge in [-0.3, -0.25) is 14.8 Å². The van der Waals surface area contributed by atoms with Crippen LogP contribution in [0.2, 0.25) is 0 Å². The number of rotatable bonds is 2. The van der Waals surface area contributed by atoms with Crippen LogP contribution in [-0.4, -0.2) is 16.4 Å². The first kappa shape index (κ1) is 9.72. The minimum Gasteiger partial charge on any atom is -0.328 e. The summed E-state index contributed by atoms with van der Waals surface area (Å²) in [5.41, 5.74) is 2.40. The van der Waals surface area contributed by atoms with Crippen molar-refractivity contribution in [1.82, 2.24) is 9.97 Å². The van der Waals surface area contributed by atoms with Gasteiger partial charge in [0.15, 0.2) is 0 Å². The van der Waals surface area contributed by atoms with Crippen LogP contribution >= 0.6 is 0 Å². The maximum atomic E-state index is 10.6. The Morgan fingerprint density at radius 1 is 1.06 bits per heavy atom. The number of nitrogens with zero attached hydrogens (tertiary/aromatic N) is 2. The minimum atomic E-state index is 0.671. The zero-order valence-electron chi connectivity index (χ0n) is 8.92. The van der Waals surface area contributed by atoms with Gasteiger partial charge in [0.2, 0.25) is 6.41 Å². The van der Waals surface area contributed by atoms with E-state index >= 15 is 0 Å². The lowest BCUT2D eigenvalue weighted by atomic mass is 10.1. The molecule has 82 valence electrons. The van der Waals surface area contributed by atoms with Crippen LogP contribution in [0.5, 0.6) is 0 Å². The Balaban J connectivity index is 2.49. The number of pyridine rings is 2. The Morgan fingerprint density at radius 3 is 2.65 bits per heavy atom. The van der Waals surface area contributed by atoms with Crippen LogP contribution in [0.15, 0.2) is 42.7 Å². The lowest BCUT2D eigenvalue weighted by Crippen LogP contribution is -1.96. The maximum Gasteiger partial charge on any atom is 0.211 e. The van der Waals surface area contributed by atoms with Crippen LogP contribution in [0.25, 0.3) is 21.8 Å². The number of carbonyl (C=O) groups is 1. The van der Waals surface area contributed by atoms with E-state index in [2.05, 4.69) is 15.3 Å². The first-order chi connectivity index (χ1) is 8.40. The molecule has 4 heteroatoms.